The molecular weight excluding hydrogens is 388 g/mol. The van der Waals surface area contributed by atoms with Gasteiger partial charge in [0.05, 0.1) is 17.6 Å². The van der Waals surface area contributed by atoms with Crippen molar-refractivity contribution in [3.8, 4) is 5.75 Å². The lowest BCUT2D eigenvalue weighted by Crippen LogP contribution is -2.22. The van der Waals surface area contributed by atoms with Gasteiger partial charge in [-0.1, -0.05) is 45.9 Å². The van der Waals surface area contributed by atoms with E-state index in [1.807, 2.05) is 45.9 Å². The summed E-state index contributed by atoms with van der Waals surface area (Å²) in [4.78, 5) is 34.9. The van der Waals surface area contributed by atoms with Gasteiger partial charge < -0.3 is 14.8 Å². The van der Waals surface area contributed by atoms with Gasteiger partial charge in [0.1, 0.15) is 0 Å². The van der Waals surface area contributed by atoms with E-state index < -0.39 is 23.4 Å². The van der Waals surface area contributed by atoms with Gasteiger partial charge in [0.25, 0.3) is 5.91 Å². The molecule has 0 aliphatic carbocycles. The summed E-state index contributed by atoms with van der Waals surface area (Å²) < 4.78 is 10.0. The second kappa shape index (κ2) is 9.87. The lowest BCUT2D eigenvalue weighted by molar-refractivity contribution is -0.385. The second-order valence-corrected chi connectivity index (χ2v) is 7.39. The summed E-state index contributed by atoms with van der Waals surface area (Å²) in [5, 5.41) is 14.1. The minimum atomic E-state index is -0.661. The van der Waals surface area contributed by atoms with Crippen LogP contribution in [0.2, 0.25) is 0 Å². The number of para-hydroxylation sites is 1. The van der Waals surface area contributed by atoms with Crippen LogP contribution < -0.4 is 10.1 Å². The van der Waals surface area contributed by atoms with Gasteiger partial charge >= 0.3 is 11.7 Å². The predicted octanol–water partition coefficient (Wildman–Crippen LogP) is 4.65. The van der Waals surface area contributed by atoms with E-state index in [0.29, 0.717) is 0 Å². The molecule has 0 radical (unpaired) electrons. The van der Waals surface area contributed by atoms with E-state index in [1.54, 1.807) is 0 Å². The van der Waals surface area contributed by atoms with Crippen LogP contribution in [0.3, 0.4) is 0 Å². The third-order valence-corrected chi connectivity index (χ3v) is 4.57. The summed E-state index contributed by atoms with van der Waals surface area (Å²) in [6.45, 7) is 7.69. The van der Waals surface area contributed by atoms with Crippen LogP contribution in [0.4, 0.5) is 11.4 Å². The van der Waals surface area contributed by atoms with Crippen molar-refractivity contribution in [3.05, 3.63) is 63.2 Å². The lowest BCUT2D eigenvalue weighted by atomic mass is 9.92. The van der Waals surface area contributed by atoms with E-state index in [-0.39, 0.29) is 28.8 Å². The van der Waals surface area contributed by atoms with Crippen molar-refractivity contribution in [2.24, 2.45) is 0 Å². The quantitative estimate of drug-likeness (QED) is 0.383. The highest BCUT2D eigenvalue weighted by molar-refractivity contribution is 5.94. The molecule has 8 nitrogen and oxygen atoms in total. The van der Waals surface area contributed by atoms with Crippen LogP contribution in [-0.4, -0.2) is 30.5 Å². The molecule has 1 N–H and O–H groups in total. The lowest BCUT2D eigenvalue weighted by Gasteiger charge is -2.20. The highest BCUT2D eigenvalue weighted by Gasteiger charge is 2.21. The van der Waals surface area contributed by atoms with Gasteiger partial charge in [-0.15, -0.1) is 0 Å². The molecule has 0 aliphatic heterocycles. The zero-order valence-corrected chi connectivity index (χ0v) is 17.7. The fraction of sp³-hybridized carbons (Fsp3) is 0.364. The van der Waals surface area contributed by atoms with Crippen molar-refractivity contribution in [1.82, 2.24) is 0 Å². The van der Waals surface area contributed by atoms with E-state index in [1.165, 1.54) is 19.2 Å². The summed E-state index contributed by atoms with van der Waals surface area (Å²) in [5.41, 5.74) is 2.46. The van der Waals surface area contributed by atoms with E-state index in [9.17, 15) is 19.7 Å². The summed E-state index contributed by atoms with van der Waals surface area (Å²) in [7, 11) is 1.20. The van der Waals surface area contributed by atoms with Gasteiger partial charge in [0.2, 0.25) is 0 Å². The smallest absolute Gasteiger partial charge is 0.337 e. The van der Waals surface area contributed by atoms with Crippen molar-refractivity contribution in [3.63, 3.8) is 0 Å². The maximum absolute atomic E-state index is 12.6. The Hall–Kier alpha value is -3.42. The number of carbonyl (C=O) groups is 2. The van der Waals surface area contributed by atoms with Gasteiger partial charge in [-0.3, -0.25) is 14.9 Å². The zero-order chi connectivity index (χ0) is 22.4. The van der Waals surface area contributed by atoms with Gasteiger partial charge in [-0.2, -0.15) is 0 Å². The molecule has 0 heterocycles. The Morgan fingerprint density at radius 3 is 2.17 bits per heavy atom. The van der Waals surface area contributed by atoms with Gasteiger partial charge in [0.15, 0.2) is 12.4 Å². The van der Waals surface area contributed by atoms with E-state index in [2.05, 4.69) is 10.1 Å². The second-order valence-electron chi connectivity index (χ2n) is 7.39. The van der Waals surface area contributed by atoms with Crippen LogP contribution in [0, 0.1) is 10.1 Å². The zero-order valence-electron chi connectivity index (χ0n) is 17.7. The Morgan fingerprint density at radius 1 is 1.07 bits per heavy atom. The van der Waals surface area contributed by atoms with Crippen molar-refractivity contribution >= 4 is 23.3 Å². The maximum atomic E-state index is 12.6. The first kappa shape index (κ1) is 22.9. The first-order chi connectivity index (χ1) is 14.1. The normalized spacial score (nSPS) is 10.8. The van der Waals surface area contributed by atoms with Gasteiger partial charge in [-0.05, 0) is 29.0 Å². The van der Waals surface area contributed by atoms with E-state index in [0.717, 1.165) is 22.9 Å². The monoisotopic (exact) mass is 414 g/mol. The molecule has 0 aliphatic rings. The van der Waals surface area contributed by atoms with Crippen molar-refractivity contribution in [2.75, 3.05) is 19.0 Å². The highest BCUT2D eigenvalue weighted by Crippen LogP contribution is 2.33. The maximum Gasteiger partial charge on any atom is 0.337 e. The molecule has 1 amide bonds. The van der Waals surface area contributed by atoms with Crippen molar-refractivity contribution in [2.45, 2.75) is 39.5 Å². The molecule has 0 bridgehead atoms. The number of nitrogens with one attached hydrogen (secondary N) is 1. The Kier molecular flexibility index (Phi) is 7.52. The Labute approximate surface area is 175 Å². The number of amides is 1. The molecule has 160 valence electrons. The number of nitrogens with zero attached hydrogens (tertiary/aromatic N) is 1. The Balaban J connectivity index is 2.25. The standard InChI is InChI=1S/C22H26N2O6/c1-13(2)16-7-6-8-17(14(3)4)21(16)23-20(25)12-30-19-11-15(22(26)29-5)9-10-18(19)24(27)28/h6-11,13-14H,12H2,1-5H3,(H,23,25). The molecule has 8 heteroatoms. The number of ether oxygens (including phenoxy) is 2. The molecule has 0 saturated heterocycles. The minimum absolute atomic E-state index is 0.0887. The molecule has 0 aromatic heterocycles. The van der Waals surface area contributed by atoms with Crippen molar-refractivity contribution < 1.29 is 24.0 Å². The molecule has 0 spiro atoms. The summed E-state index contributed by atoms with van der Waals surface area (Å²) in [6.07, 6.45) is 0. The number of esters is 1. The number of hydrogen-bond acceptors (Lipinski definition) is 6. The number of nitro benzene ring substituents is 1. The molecule has 0 saturated carbocycles. The first-order valence-electron chi connectivity index (χ1n) is 9.57. The fourth-order valence-electron chi connectivity index (χ4n) is 3.04. The van der Waals surface area contributed by atoms with E-state index in [4.69, 9.17) is 4.74 Å². The topological polar surface area (TPSA) is 108 Å². The molecular formula is C22H26N2O6. The van der Waals surface area contributed by atoms with Gasteiger partial charge in [0, 0.05) is 17.8 Å². The number of nitro groups is 1. The third-order valence-electron chi connectivity index (χ3n) is 4.57. The average Bonchev–Trinajstić information content (AvgIpc) is 2.71. The molecule has 2 aromatic carbocycles. The van der Waals surface area contributed by atoms with E-state index >= 15 is 0 Å². The number of carbonyl (C=O) groups excluding carboxylic acids is 2. The number of rotatable bonds is 8. The van der Waals surface area contributed by atoms with Crippen LogP contribution in [-0.2, 0) is 9.53 Å². The Morgan fingerprint density at radius 2 is 1.67 bits per heavy atom. The van der Waals surface area contributed by atoms with Crippen LogP contribution in [0.15, 0.2) is 36.4 Å². The van der Waals surface area contributed by atoms with Crippen LogP contribution in [0.1, 0.15) is 61.0 Å². The van der Waals surface area contributed by atoms with Crippen LogP contribution in [0.25, 0.3) is 0 Å². The minimum Gasteiger partial charge on any atom is -0.477 e. The number of hydrogen-bond donors (Lipinski definition) is 1. The Bertz CT molecular complexity index is 926. The molecule has 2 rings (SSSR count). The summed E-state index contributed by atoms with van der Waals surface area (Å²) >= 11 is 0. The van der Waals surface area contributed by atoms with Crippen molar-refractivity contribution in [1.29, 1.82) is 0 Å². The van der Waals surface area contributed by atoms with Crippen LogP contribution in [0.5, 0.6) is 5.75 Å². The number of anilines is 1. The third kappa shape index (κ3) is 5.34. The average molecular weight is 414 g/mol. The molecule has 0 atom stereocenters. The SMILES string of the molecule is COC(=O)c1ccc([N+](=O)[O-])c(OCC(=O)Nc2c(C(C)C)cccc2C(C)C)c1. The molecule has 0 unspecified atom stereocenters. The first-order valence-corrected chi connectivity index (χ1v) is 9.57. The number of methoxy groups -OCH3 is 1. The number of benzene rings is 2. The molecule has 0 fully saturated rings. The summed E-state index contributed by atoms with van der Waals surface area (Å²) in [6, 6.07) is 9.47. The largest absolute Gasteiger partial charge is 0.477 e. The predicted molar refractivity (Wildman–Crippen MR) is 113 cm³/mol. The highest BCUT2D eigenvalue weighted by atomic mass is 16.6. The van der Waals surface area contributed by atoms with Crippen LogP contribution >= 0.6 is 0 Å². The molecule has 30 heavy (non-hydrogen) atoms. The van der Waals surface area contributed by atoms with Gasteiger partial charge in [-0.25, -0.2) is 4.79 Å². The summed E-state index contributed by atoms with van der Waals surface area (Å²) in [5.74, 6) is -0.913. The molecule has 2 aromatic rings. The fourth-order valence-corrected chi connectivity index (χ4v) is 3.04.